The van der Waals surface area contributed by atoms with Gasteiger partial charge in [-0.2, -0.15) is 0 Å². The number of carbonyl (C=O) groups excluding carboxylic acids is 1. The first-order chi connectivity index (χ1) is 13.0. The first-order valence-electron chi connectivity index (χ1n) is 9.94. The average Bonchev–Trinajstić information content (AvgIpc) is 3.08. The quantitative estimate of drug-likeness (QED) is 0.618. The number of nitrogens with zero attached hydrogens (tertiary/aromatic N) is 2. The molecular formula is C22H31N3O2. The number of likely N-dealkylation sites (tertiary alicyclic amines) is 1. The Morgan fingerprint density at radius 1 is 1.30 bits per heavy atom. The van der Waals surface area contributed by atoms with E-state index < -0.39 is 0 Å². The van der Waals surface area contributed by atoms with E-state index in [1.807, 2.05) is 12.1 Å². The molecule has 2 saturated heterocycles. The summed E-state index contributed by atoms with van der Waals surface area (Å²) in [6.45, 7) is 8.12. The lowest BCUT2D eigenvalue weighted by Gasteiger charge is -2.39. The number of aromatic nitrogens is 1. The van der Waals surface area contributed by atoms with Gasteiger partial charge in [-0.05, 0) is 63.3 Å². The van der Waals surface area contributed by atoms with Crippen LogP contribution in [0.2, 0.25) is 0 Å². The SMILES string of the molecule is CC(C)=CCN1CCC2(CC[C@H](CNC(=O)/C=C/c3ccncc3)O2)CC1. The van der Waals surface area contributed by atoms with Crippen molar-refractivity contribution in [3.05, 3.63) is 47.8 Å². The summed E-state index contributed by atoms with van der Waals surface area (Å²) in [6, 6.07) is 3.75. The molecule has 2 fully saturated rings. The third-order valence-corrected chi connectivity index (χ3v) is 5.50. The number of piperidine rings is 1. The van der Waals surface area contributed by atoms with Crippen molar-refractivity contribution < 1.29 is 9.53 Å². The van der Waals surface area contributed by atoms with Gasteiger partial charge < -0.3 is 10.1 Å². The lowest BCUT2D eigenvalue weighted by Crippen LogP contribution is -2.45. The lowest BCUT2D eigenvalue weighted by atomic mass is 9.88. The maximum atomic E-state index is 12.0. The molecule has 1 atom stereocenters. The molecule has 0 aromatic carbocycles. The highest BCUT2D eigenvalue weighted by Crippen LogP contribution is 2.38. The van der Waals surface area contributed by atoms with Crippen LogP contribution in [0.5, 0.6) is 0 Å². The van der Waals surface area contributed by atoms with Gasteiger partial charge >= 0.3 is 0 Å². The highest BCUT2D eigenvalue weighted by atomic mass is 16.5. The molecule has 2 aliphatic rings. The average molecular weight is 370 g/mol. The number of allylic oxidation sites excluding steroid dienone is 1. The van der Waals surface area contributed by atoms with Crippen LogP contribution in [-0.2, 0) is 9.53 Å². The van der Waals surface area contributed by atoms with E-state index in [4.69, 9.17) is 4.74 Å². The van der Waals surface area contributed by atoms with Crippen molar-refractivity contribution in [3.8, 4) is 0 Å². The van der Waals surface area contributed by atoms with Crippen molar-refractivity contribution in [3.63, 3.8) is 0 Å². The van der Waals surface area contributed by atoms with Gasteiger partial charge in [0.1, 0.15) is 0 Å². The van der Waals surface area contributed by atoms with E-state index in [9.17, 15) is 4.79 Å². The largest absolute Gasteiger partial charge is 0.370 e. The van der Waals surface area contributed by atoms with Gasteiger partial charge in [-0.3, -0.25) is 14.7 Å². The van der Waals surface area contributed by atoms with Gasteiger partial charge in [-0.15, -0.1) is 0 Å². The summed E-state index contributed by atoms with van der Waals surface area (Å²) in [5, 5.41) is 2.97. The molecule has 2 aliphatic heterocycles. The monoisotopic (exact) mass is 369 g/mol. The number of nitrogens with one attached hydrogen (secondary N) is 1. The van der Waals surface area contributed by atoms with Gasteiger partial charge in [0, 0.05) is 44.6 Å². The van der Waals surface area contributed by atoms with Crippen LogP contribution in [0.1, 0.15) is 45.1 Å². The molecule has 27 heavy (non-hydrogen) atoms. The van der Waals surface area contributed by atoms with E-state index in [-0.39, 0.29) is 17.6 Å². The standard InChI is InChI=1S/C22H31N3O2/c1-18(2)8-14-25-15-10-22(11-16-25)9-5-20(27-22)17-24-21(26)4-3-19-6-12-23-13-7-19/h3-4,6-8,12-13,20H,5,9-11,14-17H2,1-2H3,(H,24,26)/b4-3+/t20-/m1/s1. The Hall–Kier alpha value is -1.98. The molecule has 0 unspecified atom stereocenters. The summed E-state index contributed by atoms with van der Waals surface area (Å²) in [5.74, 6) is -0.0760. The van der Waals surface area contributed by atoms with Crippen LogP contribution >= 0.6 is 0 Å². The molecule has 1 N–H and O–H groups in total. The molecule has 1 aromatic heterocycles. The summed E-state index contributed by atoms with van der Waals surface area (Å²) in [4.78, 5) is 18.5. The molecule has 146 valence electrons. The number of hydrogen-bond acceptors (Lipinski definition) is 4. The summed E-state index contributed by atoms with van der Waals surface area (Å²) in [5.41, 5.74) is 2.38. The van der Waals surface area contributed by atoms with E-state index >= 15 is 0 Å². The van der Waals surface area contributed by atoms with Crippen LogP contribution in [-0.4, -0.2) is 53.7 Å². The predicted molar refractivity (Wildman–Crippen MR) is 108 cm³/mol. The topological polar surface area (TPSA) is 54.5 Å². The minimum absolute atomic E-state index is 0.0315. The summed E-state index contributed by atoms with van der Waals surface area (Å²) in [6.07, 6.45) is 13.6. The number of rotatable bonds is 6. The van der Waals surface area contributed by atoms with Crippen LogP contribution in [0.4, 0.5) is 0 Å². The molecular weight excluding hydrogens is 338 g/mol. The van der Waals surface area contributed by atoms with Gasteiger partial charge in [-0.25, -0.2) is 0 Å². The van der Waals surface area contributed by atoms with E-state index in [2.05, 4.69) is 35.1 Å². The fourth-order valence-electron chi connectivity index (χ4n) is 3.78. The minimum Gasteiger partial charge on any atom is -0.370 e. The fourth-order valence-corrected chi connectivity index (χ4v) is 3.78. The molecule has 0 aliphatic carbocycles. The lowest BCUT2D eigenvalue weighted by molar-refractivity contribution is -0.118. The Morgan fingerprint density at radius 3 is 2.74 bits per heavy atom. The Labute approximate surface area is 162 Å². The molecule has 1 spiro atoms. The summed E-state index contributed by atoms with van der Waals surface area (Å²) < 4.78 is 6.39. The number of carbonyl (C=O) groups is 1. The number of ether oxygens (including phenoxy) is 1. The third-order valence-electron chi connectivity index (χ3n) is 5.50. The molecule has 3 rings (SSSR count). The number of pyridine rings is 1. The molecule has 1 aromatic rings. The molecule has 0 radical (unpaired) electrons. The van der Waals surface area contributed by atoms with E-state index in [1.54, 1.807) is 24.5 Å². The molecule has 5 heteroatoms. The summed E-state index contributed by atoms with van der Waals surface area (Å²) >= 11 is 0. The van der Waals surface area contributed by atoms with Crippen molar-refractivity contribution in [1.82, 2.24) is 15.2 Å². The molecule has 1 amide bonds. The highest BCUT2D eigenvalue weighted by Gasteiger charge is 2.42. The second-order valence-electron chi connectivity index (χ2n) is 7.90. The Bertz CT molecular complexity index is 672. The maximum absolute atomic E-state index is 12.0. The number of amides is 1. The summed E-state index contributed by atoms with van der Waals surface area (Å²) in [7, 11) is 0. The zero-order valence-corrected chi connectivity index (χ0v) is 16.5. The fraction of sp³-hybridized carbons (Fsp3) is 0.545. The van der Waals surface area contributed by atoms with Crippen LogP contribution in [0.3, 0.4) is 0 Å². The second-order valence-corrected chi connectivity index (χ2v) is 7.90. The number of hydrogen-bond donors (Lipinski definition) is 1. The van der Waals surface area contributed by atoms with Gasteiger partial charge in [0.25, 0.3) is 0 Å². The second kappa shape index (κ2) is 9.29. The van der Waals surface area contributed by atoms with Crippen molar-refractivity contribution >= 4 is 12.0 Å². The van der Waals surface area contributed by atoms with Crippen molar-refractivity contribution in [2.45, 2.75) is 51.2 Å². The predicted octanol–water partition coefficient (Wildman–Crippen LogP) is 3.19. The van der Waals surface area contributed by atoms with Crippen LogP contribution in [0.25, 0.3) is 6.08 Å². The molecule has 0 saturated carbocycles. The van der Waals surface area contributed by atoms with Crippen molar-refractivity contribution in [2.75, 3.05) is 26.2 Å². The van der Waals surface area contributed by atoms with Gasteiger partial charge in [0.05, 0.1) is 11.7 Å². The Kier molecular flexibility index (Phi) is 6.80. The van der Waals surface area contributed by atoms with E-state index in [0.29, 0.717) is 6.54 Å². The van der Waals surface area contributed by atoms with Crippen LogP contribution < -0.4 is 5.32 Å². The first-order valence-corrected chi connectivity index (χ1v) is 9.94. The van der Waals surface area contributed by atoms with E-state index in [0.717, 1.165) is 50.9 Å². The molecule has 3 heterocycles. The Balaban J connectivity index is 1.39. The normalized spacial score (nSPS) is 22.2. The van der Waals surface area contributed by atoms with Gasteiger partial charge in [-0.1, -0.05) is 11.6 Å². The van der Waals surface area contributed by atoms with Crippen LogP contribution in [0, 0.1) is 0 Å². The van der Waals surface area contributed by atoms with Crippen molar-refractivity contribution in [2.24, 2.45) is 0 Å². The first kappa shape index (κ1) is 19.8. The van der Waals surface area contributed by atoms with E-state index in [1.165, 1.54) is 5.57 Å². The zero-order valence-electron chi connectivity index (χ0n) is 16.5. The smallest absolute Gasteiger partial charge is 0.244 e. The Morgan fingerprint density at radius 2 is 2.04 bits per heavy atom. The van der Waals surface area contributed by atoms with Crippen LogP contribution in [0.15, 0.2) is 42.3 Å². The zero-order chi connectivity index (χ0) is 19.1. The minimum atomic E-state index is -0.0760. The van der Waals surface area contributed by atoms with Gasteiger partial charge in [0.15, 0.2) is 0 Å². The molecule has 5 nitrogen and oxygen atoms in total. The maximum Gasteiger partial charge on any atom is 0.244 e. The highest BCUT2D eigenvalue weighted by molar-refractivity contribution is 5.91. The van der Waals surface area contributed by atoms with Crippen molar-refractivity contribution in [1.29, 1.82) is 0 Å². The van der Waals surface area contributed by atoms with Gasteiger partial charge in [0.2, 0.25) is 5.91 Å². The molecule has 0 bridgehead atoms. The third kappa shape index (κ3) is 6.01.